The molecule has 0 aliphatic rings. The highest BCUT2D eigenvalue weighted by Gasteiger charge is 1.88. The maximum Gasteiger partial charge on any atom is 0.231 e. The van der Waals surface area contributed by atoms with Gasteiger partial charge in [-0.1, -0.05) is 6.07 Å². The molecule has 15 heavy (non-hydrogen) atoms. The van der Waals surface area contributed by atoms with Crippen molar-refractivity contribution in [1.82, 2.24) is 0 Å². The molecule has 0 aromatic heterocycles. The van der Waals surface area contributed by atoms with E-state index in [1.165, 1.54) is 0 Å². The number of benzene rings is 1. The molecule has 6 heteroatoms. The zero-order valence-electron chi connectivity index (χ0n) is 7.98. The Hall–Kier alpha value is -2.42. The number of aromatic hydroxyl groups is 1. The van der Waals surface area contributed by atoms with Crippen LogP contribution >= 0.6 is 0 Å². The number of rotatable bonds is 1. The molecule has 6 nitrogen and oxygen atoms in total. The van der Waals surface area contributed by atoms with E-state index in [9.17, 15) is 0 Å². The van der Waals surface area contributed by atoms with Crippen LogP contribution in [0.4, 0.5) is 0 Å². The van der Waals surface area contributed by atoms with Crippen molar-refractivity contribution in [3.63, 3.8) is 0 Å². The predicted molar refractivity (Wildman–Crippen MR) is 51.5 cm³/mol. The Balaban J connectivity index is 0. The van der Waals surface area contributed by atoms with E-state index in [-0.39, 0.29) is 5.75 Å². The summed E-state index contributed by atoms with van der Waals surface area (Å²) in [6.07, 6.45) is 1.50. The van der Waals surface area contributed by atoms with Gasteiger partial charge < -0.3 is 9.84 Å². The summed E-state index contributed by atoms with van der Waals surface area (Å²) in [5.74, 6) is 0.907. The summed E-state index contributed by atoms with van der Waals surface area (Å²) < 4.78 is 4.84. The highest BCUT2D eigenvalue weighted by atomic mass is 16.5. The van der Waals surface area contributed by atoms with Crippen LogP contribution in [0.5, 0.6) is 11.5 Å². The van der Waals surface area contributed by atoms with E-state index in [1.807, 2.05) is 0 Å². The Labute approximate surface area is 86.1 Å². The normalized spacial score (nSPS) is 6.47. The zero-order valence-corrected chi connectivity index (χ0v) is 7.98. The van der Waals surface area contributed by atoms with E-state index in [0.29, 0.717) is 5.75 Å². The molecule has 0 saturated carbocycles. The number of phenolic OH excluding ortho intramolecular Hbond substituents is 1. The Morgan fingerprint density at radius 1 is 1.27 bits per heavy atom. The average Bonchev–Trinajstić information content (AvgIpc) is 2.20. The zero-order chi connectivity index (χ0) is 12.1. The molecule has 1 rings (SSSR count). The first-order chi connectivity index (χ1) is 7.15. The van der Waals surface area contributed by atoms with Gasteiger partial charge in [0.15, 0.2) is 0 Å². The predicted octanol–water partition coefficient (Wildman–Crippen LogP) is 1.20. The molecular formula is C9H10N2O4. The second-order valence-electron chi connectivity index (χ2n) is 1.91. The van der Waals surface area contributed by atoms with Crippen LogP contribution in [0, 0.1) is 10.8 Å². The summed E-state index contributed by atoms with van der Waals surface area (Å²) in [5, 5.41) is 19.7. The van der Waals surface area contributed by atoms with Gasteiger partial charge in [0.1, 0.15) is 11.5 Å². The molecule has 0 atom stereocenters. The SMILES string of the molecule is COc1cccc(O)c1.N=C=O.N=C=O. The quantitative estimate of drug-likeness (QED) is 0.477. The summed E-state index contributed by atoms with van der Waals surface area (Å²) in [6, 6.07) is 6.66. The first-order valence-electron chi connectivity index (χ1n) is 3.57. The Morgan fingerprint density at radius 3 is 2.00 bits per heavy atom. The lowest BCUT2D eigenvalue weighted by atomic mass is 10.3. The van der Waals surface area contributed by atoms with Gasteiger partial charge in [-0.15, -0.1) is 0 Å². The summed E-state index contributed by atoms with van der Waals surface area (Å²) in [6.45, 7) is 0. The lowest BCUT2D eigenvalue weighted by Gasteiger charge is -1.97. The number of hydrogen-bond acceptors (Lipinski definition) is 6. The van der Waals surface area contributed by atoms with Crippen molar-refractivity contribution in [2.45, 2.75) is 0 Å². The molecule has 0 fully saturated rings. The van der Waals surface area contributed by atoms with Crippen LogP contribution in [-0.4, -0.2) is 24.4 Å². The van der Waals surface area contributed by atoms with Crippen LogP contribution in [0.15, 0.2) is 24.3 Å². The van der Waals surface area contributed by atoms with Crippen molar-refractivity contribution in [2.24, 2.45) is 0 Å². The monoisotopic (exact) mass is 210 g/mol. The number of isocyanates is 2. The van der Waals surface area contributed by atoms with Crippen molar-refractivity contribution in [1.29, 1.82) is 10.8 Å². The maximum atomic E-state index is 8.86. The number of methoxy groups -OCH3 is 1. The summed E-state index contributed by atoms with van der Waals surface area (Å²) in [7, 11) is 1.56. The molecule has 3 N–H and O–H groups in total. The molecule has 1 aromatic rings. The number of carbonyl (C=O) groups excluding carboxylic acids is 2. The fourth-order valence-electron chi connectivity index (χ4n) is 0.610. The highest BCUT2D eigenvalue weighted by Crippen LogP contribution is 2.16. The van der Waals surface area contributed by atoms with Gasteiger partial charge >= 0.3 is 0 Å². The lowest BCUT2D eigenvalue weighted by molar-refractivity contribution is 0.407. The van der Waals surface area contributed by atoms with Gasteiger partial charge in [0.25, 0.3) is 0 Å². The molecule has 0 spiro atoms. The molecule has 0 aliphatic carbocycles. The summed E-state index contributed by atoms with van der Waals surface area (Å²) >= 11 is 0. The van der Waals surface area contributed by atoms with Gasteiger partial charge in [0.05, 0.1) is 7.11 Å². The minimum atomic E-state index is 0.231. The molecule has 0 unspecified atom stereocenters. The van der Waals surface area contributed by atoms with Crippen LogP contribution in [0.3, 0.4) is 0 Å². The van der Waals surface area contributed by atoms with E-state index in [1.54, 1.807) is 31.4 Å². The minimum absolute atomic E-state index is 0.231. The van der Waals surface area contributed by atoms with Gasteiger partial charge in [-0.25, -0.2) is 20.4 Å². The minimum Gasteiger partial charge on any atom is -0.508 e. The molecule has 80 valence electrons. The lowest BCUT2D eigenvalue weighted by Crippen LogP contribution is -1.79. The third-order valence-corrected chi connectivity index (χ3v) is 1.05. The molecule has 0 aliphatic heterocycles. The van der Waals surface area contributed by atoms with E-state index in [4.69, 9.17) is 30.3 Å². The number of hydrogen-bond donors (Lipinski definition) is 3. The van der Waals surface area contributed by atoms with Crippen molar-refractivity contribution in [3.05, 3.63) is 24.3 Å². The van der Waals surface area contributed by atoms with Gasteiger partial charge in [-0.3, -0.25) is 0 Å². The van der Waals surface area contributed by atoms with Crippen LogP contribution in [0.2, 0.25) is 0 Å². The van der Waals surface area contributed by atoms with Gasteiger partial charge in [-0.2, -0.15) is 0 Å². The Kier molecular flexibility index (Phi) is 11.6. The topological polar surface area (TPSA) is 111 Å². The van der Waals surface area contributed by atoms with Crippen molar-refractivity contribution < 1.29 is 19.4 Å². The second-order valence-corrected chi connectivity index (χ2v) is 1.91. The van der Waals surface area contributed by atoms with E-state index >= 15 is 0 Å². The summed E-state index contributed by atoms with van der Waals surface area (Å²) in [4.78, 5) is 16.7. The molecule has 0 heterocycles. The molecule has 0 radical (unpaired) electrons. The number of nitrogens with one attached hydrogen (secondary N) is 2. The Morgan fingerprint density at radius 2 is 1.73 bits per heavy atom. The first kappa shape index (κ1) is 15.1. The van der Waals surface area contributed by atoms with Crippen molar-refractivity contribution in [3.8, 4) is 11.5 Å². The third-order valence-electron chi connectivity index (χ3n) is 1.05. The van der Waals surface area contributed by atoms with Crippen LogP contribution < -0.4 is 4.74 Å². The van der Waals surface area contributed by atoms with Crippen LogP contribution in [-0.2, 0) is 9.59 Å². The number of phenols is 1. The maximum absolute atomic E-state index is 8.86. The summed E-state index contributed by atoms with van der Waals surface area (Å²) in [5.41, 5.74) is 0. The standard InChI is InChI=1S/C7H8O2.2CHNO/c1-9-7-4-2-3-6(8)5-7;2*2-1-3/h2-5,8H,1H3;2*2H. The van der Waals surface area contributed by atoms with E-state index in [2.05, 4.69) is 0 Å². The van der Waals surface area contributed by atoms with Crippen molar-refractivity contribution in [2.75, 3.05) is 7.11 Å². The smallest absolute Gasteiger partial charge is 0.231 e. The molecule has 0 amide bonds. The van der Waals surface area contributed by atoms with Gasteiger partial charge in [-0.05, 0) is 12.1 Å². The second kappa shape index (κ2) is 11.6. The third kappa shape index (κ3) is 11.6. The average molecular weight is 210 g/mol. The highest BCUT2D eigenvalue weighted by molar-refractivity contribution is 5.31. The molecule has 0 bridgehead atoms. The van der Waals surface area contributed by atoms with Gasteiger partial charge in [0, 0.05) is 6.07 Å². The van der Waals surface area contributed by atoms with Crippen LogP contribution in [0.1, 0.15) is 0 Å². The fraction of sp³-hybridized carbons (Fsp3) is 0.111. The van der Waals surface area contributed by atoms with Crippen LogP contribution in [0.25, 0.3) is 0 Å². The largest absolute Gasteiger partial charge is 0.508 e. The number of ether oxygens (including phenoxy) is 1. The van der Waals surface area contributed by atoms with Gasteiger partial charge in [0.2, 0.25) is 12.2 Å². The fourth-order valence-corrected chi connectivity index (χ4v) is 0.610. The van der Waals surface area contributed by atoms with E-state index in [0.717, 1.165) is 12.2 Å². The molecule has 1 aromatic carbocycles. The molecule has 0 saturated heterocycles. The molecular weight excluding hydrogens is 200 g/mol. The first-order valence-corrected chi connectivity index (χ1v) is 3.57. The Bertz CT molecular complexity index is 328. The van der Waals surface area contributed by atoms with Crippen molar-refractivity contribution >= 4 is 12.2 Å². The van der Waals surface area contributed by atoms with E-state index < -0.39 is 0 Å².